The first-order chi connectivity index (χ1) is 16.8. The van der Waals surface area contributed by atoms with E-state index in [2.05, 4.69) is 0 Å². The van der Waals surface area contributed by atoms with Crippen LogP contribution in [0.4, 0.5) is 0 Å². The Morgan fingerprint density at radius 2 is 1.60 bits per heavy atom. The maximum Gasteiger partial charge on any atom is 0.316 e. The first-order valence-electron chi connectivity index (χ1n) is 11.1. The first kappa shape index (κ1) is 22.9. The third-order valence-corrected chi connectivity index (χ3v) is 6.49. The van der Waals surface area contributed by atoms with E-state index in [0.29, 0.717) is 6.29 Å². The van der Waals surface area contributed by atoms with Crippen LogP contribution in [0.15, 0.2) is 54.6 Å². The number of hydrogen-bond donors (Lipinski definition) is 0. The van der Waals surface area contributed by atoms with E-state index < -0.39 is 53.9 Å². The number of carbonyl (C=O) groups is 5. The summed E-state index contributed by atoms with van der Waals surface area (Å²) in [6.07, 6.45) is -0.312. The molecular formula is C25H22N2O8. The minimum absolute atomic E-state index is 0.00162. The van der Waals surface area contributed by atoms with Crippen LogP contribution in [0.2, 0.25) is 0 Å². The van der Waals surface area contributed by atoms with Crippen molar-refractivity contribution in [2.75, 3.05) is 0 Å². The van der Waals surface area contributed by atoms with Crippen LogP contribution >= 0.6 is 0 Å². The molecule has 3 aliphatic heterocycles. The van der Waals surface area contributed by atoms with Gasteiger partial charge in [-0.1, -0.05) is 42.5 Å². The van der Waals surface area contributed by atoms with Crippen molar-refractivity contribution in [2.45, 2.75) is 44.7 Å². The van der Waals surface area contributed by atoms with Gasteiger partial charge in [-0.15, -0.1) is 0 Å². The zero-order chi connectivity index (χ0) is 24.9. The first-order valence-corrected chi connectivity index (χ1v) is 11.1. The van der Waals surface area contributed by atoms with Crippen LogP contribution < -0.4 is 0 Å². The number of likely N-dealkylation sites (tertiary alicyclic amines) is 1. The average Bonchev–Trinajstić information content (AvgIpc) is 3.09. The van der Waals surface area contributed by atoms with Crippen LogP contribution in [0.5, 0.6) is 0 Å². The molecule has 1 unspecified atom stereocenters. The fraction of sp³-hybridized carbons (Fsp3) is 0.320. The number of imide groups is 1. The number of rotatable bonds is 7. The van der Waals surface area contributed by atoms with Crippen molar-refractivity contribution in [3.63, 3.8) is 0 Å². The van der Waals surface area contributed by atoms with E-state index in [9.17, 15) is 24.0 Å². The molecule has 0 saturated carbocycles. The van der Waals surface area contributed by atoms with Gasteiger partial charge in [0.25, 0.3) is 23.6 Å². The van der Waals surface area contributed by atoms with Crippen LogP contribution in [-0.4, -0.2) is 64.1 Å². The Morgan fingerprint density at radius 1 is 1.03 bits per heavy atom. The summed E-state index contributed by atoms with van der Waals surface area (Å²) in [6, 6.07) is 12.6. The number of fused-ring (bicyclic) bond motifs is 1. The Morgan fingerprint density at radius 3 is 2.14 bits per heavy atom. The van der Waals surface area contributed by atoms with Gasteiger partial charge >= 0.3 is 5.97 Å². The summed E-state index contributed by atoms with van der Waals surface area (Å²) in [5, 5.41) is 0. The van der Waals surface area contributed by atoms with Crippen molar-refractivity contribution in [3.05, 3.63) is 71.3 Å². The highest BCUT2D eigenvalue weighted by molar-refractivity contribution is 6.23. The molecule has 0 aromatic heterocycles. The van der Waals surface area contributed by atoms with Crippen LogP contribution in [0.1, 0.15) is 40.1 Å². The lowest BCUT2D eigenvalue weighted by Crippen LogP contribution is -2.83. The van der Waals surface area contributed by atoms with E-state index >= 15 is 0 Å². The fourth-order valence-corrected chi connectivity index (χ4v) is 4.73. The molecule has 10 nitrogen and oxygen atoms in total. The van der Waals surface area contributed by atoms with Crippen LogP contribution in [-0.2, 0) is 35.2 Å². The summed E-state index contributed by atoms with van der Waals surface area (Å²) < 4.78 is 16.8. The van der Waals surface area contributed by atoms with Gasteiger partial charge in [-0.05, 0) is 31.5 Å². The van der Waals surface area contributed by atoms with Gasteiger partial charge in [-0.25, -0.2) is 0 Å². The second-order valence-electron chi connectivity index (χ2n) is 8.55. The van der Waals surface area contributed by atoms with Gasteiger partial charge in [0.15, 0.2) is 6.29 Å². The maximum absolute atomic E-state index is 13.3. The molecule has 0 aliphatic carbocycles. The standard InChI is InChI=1S/C25H22N2O8/c1-14(24(32)33-13-16-8-4-3-5-9-16)25(34-15(2)35-25)27-19(12-28)20(23(27)31)26-21(29)17-10-6-7-11-18(17)22(26)30/h3-12,14-15,19-20H,13H2,1-2H3/t14?,15?,19-,20+,25?/m1/s1. The minimum Gasteiger partial charge on any atom is -0.460 e. The SMILES string of the molecule is CC1OC(C(C)C(=O)OCc2ccccc2)(N2C(=O)[C@@H](N3C(=O)c4ccccc4C3=O)[C@H]2C=O)O1. The number of ether oxygens (including phenoxy) is 3. The molecule has 3 amide bonds. The molecule has 3 aliphatic rings. The lowest BCUT2D eigenvalue weighted by atomic mass is 9.89. The van der Waals surface area contributed by atoms with Crippen molar-refractivity contribution in [3.8, 4) is 0 Å². The molecule has 2 fully saturated rings. The summed E-state index contributed by atoms with van der Waals surface area (Å²) in [5.41, 5.74) is 1.08. The topological polar surface area (TPSA) is 120 Å². The third kappa shape index (κ3) is 3.36. The lowest BCUT2D eigenvalue weighted by Gasteiger charge is -2.61. The molecule has 10 heteroatoms. The molecule has 35 heavy (non-hydrogen) atoms. The predicted molar refractivity (Wildman–Crippen MR) is 117 cm³/mol. The highest BCUT2D eigenvalue weighted by atomic mass is 16.9. The molecule has 3 heterocycles. The van der Waals surface area contributed by atoms with E-state index in [-0.39, 0.29) is 17.7 Å². The smallest absolute Gasteiger partial charge is 0.316 e. The van der Waals surface area contributed by atoms with E-state index in [1.807, 2.05) is 6.07 Å². The van der Waals surface area contributed by atoms with Gasteiger partial charge < -0.3 is 19.0 Å². The lowest BCUT2D eigenvalue weighted by molar-refractivity contribution is -0.507. The maximum atomic E-state index is 13.3. The number of amides is 3. The van der Waals surface area contributed by atoms with E-state index in [1.54, 1.807) is 43.3 Å². The summed E-state index contributed by atoms with van der Waals surface area (Å²) >= 11 is 0. The van der Waals surface area contributed by atoms with Crippen LogP contribution in [0.25, 0.3) is 0 Å². The van der Waals surface area contributed by atoms with Gasteiger partial charge in [-0.3, -0.25) is 29.0 Å². The Kier molecular flexibility index (Phi) is 5.49. The molecule has 0 bridgehead atoms. The Labute approximate surface area is 200 Å². The summed E-state index contributed by atoms with van der Waals surface area (Å²) in [6.45, 7) is 3.03. The normalized spacial score (nSPS) is 28.2. The summed E-state index contributed by atoms with van der Waals surface area (Å²) in [4.78, 5) is 65.8. The van der Waals surface area contributed by atoms with E-state index in [1.165, 1.54) is 19.1 Å². The number of esters is 1. The second kappa shape index (κ2) is 8.40. The zero-order valence-electron chi connectivity index (χ0n) is 19.0. The molecule has 0 spiro atoms. The number of β-lactam (4-membered cyclic amide) rings is 1. The van der Waals surface area contributed by atoms with Crippen molar-refractivity contribution < 1.29 is 38.2 Å². The Balaban J connectivity index is 1.37. The molecule has 2 aromatic rings. The third-order valence-electron chi connectivity index (χ3n) is 6.49. The monoisotopic (exact) mass is 478 g/mol. The molecule has 180 valence electrons. The quantitative estimate of drug-likeness (QED) is 0.254. The van der Waals surface area contributed by atoms with Crippen molar-refractivity contribution in [1.82, 2.24) is 9.80 Å². The highest BCUT2D eigenvalue weighted by Gasteiger charge is 2.69. The molecule has 5 rings (SSSR count). The Bertz CT molecular complexity index is 1190. The van der Waals surface area contributed by atoms with Gasteiger partial charge in [0.05, 0.1) is 11.1 Å². The van der Waals surface area contributed by atoms with Gasteiger partial charge in [0.1, 0.15) is 30.9 Å². The number of carbonyl (C=O) groups excluding carboxylic acids is 5. The molecular weight excluding hydrogens is 456 g/mol. The van der Waals surface area contributed by atoms with Crippen molar-refractivity contribution in [2.24, 2.45) is 5.92 Å². The van der Waals surface area contributed by atoms with Crippen molar-refractivity contribution >= 4 is 30.0 Å². The summed E-state index contributed by atoms with van der Waals surface area (Å²) in [7, 11) is 0. The number of aldehydes is 1. The fourth-order valence-electron chi connectivity index (χ4n) is 4.73. The van der Waals surface area contributed by atoms with Crippen molar-refractivity contribution in [1.29, 1.82) is 0 Å². The molecule has 3 atom stereocenters. The minimum atomic E-state index is -1.90. The molecule has 2 saturated heterocycles. The number of hydrogen-bond acceptors (Lipinski definition) is 8. The van der Waals surface area contributed by atoms with E-state index in [4.69, 9.17) is 14.2 Å². The Hall–Kier alpha value is -3.89. The second-order valence-corrected chi connectivity index (χ2v) is 8.55. The van der Waals surface area contributed by atoms with Crippen LogP contribution in [0, 0.1) is 5.92 Å². The average molecular weight is 478 g/mol. The predicted octanol–water partition coefficient (Wildman–Crippen LogP) is 1.49. The van der Waals surface area contributed by atoms with Gasteiger partial charge in [0.2, 0.25) is 0 Å². The van der Waals surface area contributed by atoms with Gasteiger partial charge in [0, 0.05) is 0 Å². The van der Waals surface area contributed by atoms with Gasteiger partial charge in [-0.2, -0.15) is 0 Å². The highest BCUT2D eigenvalue weighted by Crippen LogP contribution is 2.46. The molecule has 2 aromatic carbocycles. The molecule has 0 radical (unpaired) electrons. The van der Waals surface area contributed by atoms with E-state index in [0.717, 1.165) is 15.4 Å². The largest absolute Gasteiger partial charge is 0.460 e. The number of nitrogens with zero attached hydrogens (tertiary/aromatic N) is 2. The van der Waals surface area contributed by atoms with Crippen LogP contribution in [0.3, 0.4) is 0 Å². The zero-order valence-corrected chi connectivity index (χ0v) is 19.0. The molecule has 0 N–H and O–H groups in total. The number of benzene rings is 2. The summed E-state index contributed by atoms with van der Waals surface area (Å²) in [5.74, 6) is -5.80.